The Morgan fingerprint density at radius 3 is 2.56 bits per heavy atom. The third-order valence-corrected chi connectivity index (χ3v) is 3.12. The van der Waals surface area contributed by atoms with Gasteiger partial charge in [-0.1, -0.05) is 0 Å². The zero-order valence-electron chi connectivity index (χ0n) is 11.1. The highest BCUT2D eigenvalue weighted by atomic mass is 16.5. The summed E-state index contributed by atoms with van der Waals surface area (Å²) in [5, 5.41) is 3.11. The number of anilines is 2. The van der Waals surface area contributed by atoms with Gasteiger partial charge in [0.25, 0.3) is 0 Å². The maximum absolute atomic E-state index is 5.42. The van der Waals surface area contributed by atoms with Crippen molar-refractivity contribution >= 4 is 11.8 Å². The van der Waals surface area contributed by atoms with Gasteiger partial charge in [0.15, 0.2) is 0 Å². The minimum absolute atomic E-state index is 0.0903. The summed E-state index contributed by atoms with van der Waals surface area (Å²) in [6, 6.07) is 1.91. The van der Waals surface area contributed by atoms with E-state index in [4.69, 9.17) is 9.47 Å². The number of hydrogen-bond acceptors (Lipinski definition) is 6. The molecule has 6 nitrogen and oxygen atoms in total. The van der Waals surface area contributed by atoms with Crippen molar-refractivity contribution in [1.82, 2.24) is 9.97 Å². The van der Waals surface area contributed by atoms with Crippen LogP contribution >= 0.6 is 0 Å². The summed E-state index contributed by atoms with van der Waals surface area (Å²) >= 11 is 0. The molecule has 0 spiro atoms. The molecule has 1 aromatic heterocycles. The normalized spacial score (nSPS) is 23.4. The van der Waals surface area contributed by atoms with Gasteiger partial charge in [0, 0.05) is 40.1 Å². The molecule has 0 aliphatic carbocycles. The van der Waals surface area contributed by atoms with Crippen LogP contribution in [-0.4, -0.2) is 56.0 Å². The van der Waals surface area contributed by atoms with Gasteiger partial charge in [0.1, 0.15) is 18.0 Å². The molecule has 1 fully saturated rings. The molecule has 0 saturated carbocycles. The molecule has 1 saturated heterocycles. The van der Waals surface area contributed by atoms with Gasteiger partial charge < -0.3 is 19.7 Å². The molecule has 2 heterocycles. The molecule has 0 radical (unpaired) electrons. The van der Waals surface area contributed by atoms with E-state index in [1.165, 1.54) is 0 Å². The first-order valence-corrected chi connectivity index (χ1v) is 6.16. The molecule has 100 valence electrons. The van der Waals surface area contributed by atoms with Crippen molar-refractivity contribution in [2.45, 2.75) is 19.1 Å². The molecule has 2 unspecified atom stereocenters. The predicted octanol–water partition coefficient (Wildman–Crippen LogP) is 0.758. The summed E-state index contributed by atoms with van der Waals surface area (Å²) in [5.41, 5.74) is 0. The monoisotopic (exact) mass is 252 g/mol. The lowest BCUT2D eigenvalue weighted by molar-refractivity contribution is -0.00461. The topological polar surface area (TPSA) is 59.5 Å². The Balaban J connectivity index is 2.10. The van der Waals surface area contributed by atoms with E-state index in [9.17, 15) is 0 Å². The minimum atomic E-state index is 0.0903. The van der Waals surface area contributed by atoms with Crippen molar-refractivity contribution in [2.24, 2.45) is 0 Å². The average Bonchev–Trinajstić information content (AvgIpc) is 2.82. The van der Waals surface area contributed by atoms with Gasteiger partial charge in [0.2, 0.25) is 5.95 Å². The SMILES string of the molecule is CCNc1nccc(N2CC(OC)C(OC)C2)n1. The maximum atomic E-state index is 5.42. The van der Waals surface area contributed by atoms with E-state index in [1.807, 2.05) is 13.0 Å². The van der Waals surface area contributed by atoms with Gasteiger partial charge in [-0.2, -0.15) is 4.98 Å². The summed E-state index contributed by atoms with van der Waals surface area (Å²) in [6.45, 7) is 4.41. The van der Waals surface area contributed by atoms with Gasteiger partial charge >= 0.3 is 0 Å². The smallest absolute Gasteiger partial charge is 0.224 e. The van der Waals surface area contributed by atoms with Crippen LogP contribution in [0, 0.1) is 0 Å². The maximum Gasteiger partial charge on any atom is 0.224 e. The van der Waals surface area contributed by atoms with Crippen LogP contribution in [0.15, 0.2) is 12.3 Å². The highest BCUT2D eigenvalue weighted by Gasteiger charge is 2.33. The molecular weight excluding hydrogens is 232 g/mol. The van der Waals surface area contributed by atoms with Crippen molar-refractivity contribution in [3.05, 3.63) is 12.3 Å². The lowest BCUT2D eigenvalue weighted by Gasteiger charge is -2.17. The highest BCUT2D eigenvalue weighted by Crippen LogP contribution is 2.22. The molecule has 1 N–H and O–H groups in total. The zero-order valence-corrected chi connectivity index (χ0v) is 11.1. The van der Waals surface area contributed by atoms with E-state index in [1.54, 1.807) is 20.4 Å². The first-order chi connectivity index (χ1) is 8.78. The van der Waals surface area contributed by atoms with Gasteiger partial charge in [-0.3, -0.25) is 0 Å². The molecule has 2 atom stereocenters. The lowest BCUT2D eigenvalue weighted by Crippen LogP contribution is -2.27. The molecule has 18 heavy (non-hydrogen) atoms. The summed E-state index contributed by atoms with van der Waals surface area (Å²) in [7, 11) is 3.43. The van der Waals surface area contributed by atoms with E-state index in [0.29, 0.717) is 5.95 Å². The molecule has 1 aliphatic heterocycles. The Morgan fingerprint density at radius 2 is 2.00 bits per heavy atom. The first-order valence-electron chi connectivity index (χ1n) is 6.16. The van der Waals surface area contributed by atoms with Crippen molar-refractivity contribution in [3.63, 3.8) is 0 Å². The van der Waals surface area contributed by atoms with Gasteiger partial charge in [0.05, 0.1) is 0 Å². The molecule has 1 aliphatic rings. The Kier molecular flexibility index (Phi) is 4.33. The number of methoxy groups -OCH3 is 2. The molecular formula is C12H20N4O2. The standard InChI is InChI=1S/C12H20N4O2/c1-4-13-12-14-6-5-11(15-12)16-7-9(17-2)10(8-16)18-3/h5-6,9-10H,4,7-8H2,1-3H3,(H,13,14,15). The Morgan fingerprint density at radius 1 is 1.33 bits per heavy atom. The first kappa shape index (κ1) is 13.0. The van der Waals surface area contributed by atoms with E-state index in [0.717, 1.165) is 25.5 Å². The Labute approximate surface area is 107 Å². The largest absolute Gasteiger partial charge is 0.377 e. The van der Waals surface area contributed by atoms with Crippen molar-refractivity contribution in [2.75, 3.05) is 44.1 Å². The van der Waals surface area contributed by atoms with Crippen molar-refractivity contribution in [3.8, 4) is 0 Å². The van der Waals surface area contributed by atoms with Crippen molar-refractivity contribution < 1.29 is 9.47 Å². The van der Waals surface area contributed by atoms with Gasteiger partial charge in [-0.15, -0.1) is 0 Å². The van der Waals surface area contributed by atoms with Crippen LogP contribution < -0.4 is 10.2 Å². The third-order valence-electron chi connectivity index (χ3n) is 3.12. The fourth-order valence-electron chi connectivity index (χ4n) is 2.15. The fourth-order valence-corrected chi connectivity index (χ4v) is 2.15. The van der Waals surface area contributed by atoms with E-state index >= 15 is 0 Å². The molecule has 6 heteroatoms. The van der Waals surface area contributed by atoms with Crippen LogP contribution in [-0.2, 0) is 9.47 Å². The fraction of sp³-hybridized carbons (Fsp3) is 0.667. The third kappa shape index (κ3) is 2.70. The van der Waals surface area contributed by atoms with E-state index < -0.39 is 0 Å². The number of ether oxygens (including phenoxy) is 2. The van der Waals surface area contributed by atoms with Crippen LogP contribution in [0.5, 0.6) is 0 Å². The molecule has 0 bridgehead atoms. The number of nitrogens with one attached hydrogen (secondary N) is 1. The summed E-state index contributed by atoms with van der Waals surface area (Å²) in [5.74, 6) is 1.56. The summed E-state index contributed by atoms with van der Waals surface area (Å²) in [6.07, 6.45) is 1.95. The molecule has 1 aromatic rings. The Bertz CT molecular complexity index is 376. The van der Waals surface area contributed by atoms with Crippen LogP contribution in [0.4, 0.5) is 11.8 Å². The lowest BCUT2D eigenvalue weighted by atomic mass is 10.3. The molecule has 2 rings (SSSR count). The van der Waals surface area contributed by atoms with E-state index in [-0.39, 0.29) is 12.2 Å². The molecule has 0 amide bonds. The highest BCUT2D eigenvalue weighted by molar-refractivity contribution is 5.44. The van der Waals surface area contributed by atoms with Crippen LogP contribution in [0.3, 0.4) is 0 Å². The summed E-state index contributed by atoms with van der Waals surface area (Å²) < 4.78 is 10.8. The second-order valence-corrected chi connectivity index (χ2v) is 4.22. The second-order valence-electron chi connectivity index (χ2n) is 4.22. The van der Waals surface area contributed by atoms with Crippen LogP contribution in [0.1, 0.15) is 6.92 Å². The van der Waals surface area contributed by atoms with Crippen molar-refractivity contribution in [1.29, 1.82) is 0 Å². The van der Waals surface area contributed by atoms with Gasteiger partial charge in [-0.25, -0.2) is 4.98 Å². The van der Waals surface area contributed by atoms with Gasteiger partial charge in [-0.05, 0) is 13.0 Å². The quantitative estimate of drug-likeness (QED) is 0.835. The molecule has 0 aromatic carbocycles. The second kappa shape index (κ2) is 5.97. The number of rotatable bonds is 5. The average molecular weight is 252 g/mol. The zero-order chi connectivity index (χ0) is 13.0. The Hall–Kier alpha value is -1.40. The summed E-state index contributed by atoms with van der Waals surface area (Å²) in [4.78, 5) is 10.8. The number of hydrogen-bond donors (Lipinski definition) is 1. The number of nitrogens with zero attached hydrogens (tertiary/aromatic N) is 3. The van der Waals surface area contributed by atoms with E-state index in [2.05, 4.69) is 20.2 Å². The predicted molar refractivity (Wildman–Crippen MR) is 70.0 cm³/mol. The van der Waals surface area contributed by atoms with Crippen LogP contribution in [0.25, 0.3) is 0 Å². The number of aromatic nitrogens is 2. The van der Waals surface area contributed by atoms with Crippen LogP contribution in [0.2, 0.25) is 0 Å². The minimum Gasteiger partial charge on any atom is -0.377 e.